The molecular formula is C12H12N4O2S2. The highest BCUT2D eigenvalue weighted by molar-refractivity contribution is 7.90. The van der Waals surface area contributed by atoms with Gasteiger partial charge >= 0.3 is 0 Å². The van der Waals surface area contributed by atoms with Gasteiger partial charge in [0.25, 0.3) is 0 Å². The molecule has 3 N–H and O–H groups in total. The molecule has 0 unspecified atom stereocenters. The number of nitrogens with one attached hydrogen (secondary N) is 1. The molecule has 104 valence electrons. The number of H-pyrrole nitrogens is 1. The van der Waals surface area contributed by atoms with E-state index in [0.717, 1.165) is 5.01 Å². The Balaban J connectivity index is 2.00. The van der Waals surface area contributed by atoms with Gasteiger partial charge in [-0.25, -0.2) is 18.4 Å². The molecule has 0 radical (unpaired) electrons. The number of benzene rings is 1. The summed E-state index contributed by atoms with van der Waals surface area (Å²) in [6.07, 6.45) is 0. The summed E-state index contributed by atoms with van der Waals surface area (Å²) < 4.78 is 24.6. The normalized spacial score (nSPS) is 12.1. The van der Waals surface area contributed by atoms with Gasteiger partial charge in [0.1, 0.15) is 5.75 Å². The SMILES string of the molecule is Cc1nc(CS(=O)(=O)c2nc3ccc(N)cc3[nH]2)cs1. The van der Waals surface area contributed by atoms with E-state index in [4.69, 9.17) is 5.73 Å². The number of imidazole rings is 1. The third-order valence-corrected chi connectivity index (χ3v) is 5.06. The number of anilines is 1. The lowest BCUT2D eigenvalue weighted by molar-refractivity contribution is 0.588. The van der Waals surface area contributed by atoms with Gasteiger partial charge in [0, 0.05) is 11.1 Å². The number of aromatic nitrogens is 3. The van der Waals surface area contributed by atoms with Crippen molar-refractivity contribution >= 4 is 37.9 Å². The van der Waals surface area contributed by atoms with Gasteiger partial charge < -0.3 is 10.7 Å². The molecule has 2 heterocycles. The smallest absolute Gasteiger partial charge is 0.226 e. The van der Waals surface area contributed by atoms with Crippen molar-refractivity contribution in [2.45, 2.75) is 17.8 Å². The standard InChI is InChI=1S/C12H12N4O2S2/c1-7-14-9(5-19-7)6-20(17,18)12-15-10-3-2-8(13)4-11(10)16-12/h2-5H,6,13H2,1H3,(H,15,16). The molecule has 0 spiro atoms. The highest BCUT2D eigenvalue weighted by Crippen LogP contribution is 2.20. The molecule has 0 aliphatic rings. The number of sulfone groups is 1. The van der Waals surface area contributed by atoms with Crippen molar-refractivity contribution in [3.8, 4) is 0 Å². The summed E-state index contributed by atoms with van der Waals surface area (Å²) in [6.45, 7) is 1.84. The molecule has 2 aromatic heterocycles. The fourth-order valence-corrected chi connectivity index (χ4v) is 3.78. The Morgan fingerprint density at radius 1 is 1.35 bits per heavy atom. The van der Waals surface area contributed by atoms with Crippen molar-refractivity contribution in [1.82, 2.24) is 15.0 Å². The zero-order valence-corrected chi connectivity index (χ0v) is 12.3. The number of rotatable bonds is 3. The Hall–Kier alpha value is -1.93. The van der Waals surface area contributed by atoms with Gasteiger partial charge in [0.05, 0.1) is 21.7 Å². The van der Waals surface area contributed by atoms with E-state index in [9.17, 15) is 8.42 Å². The Morgan fingerprint density at radius 2 is 2.15 bits per heavy atom. The van der Waals surface area contributed by atoms with Crippen molar-refractivity contribution in [2.75, 3.05) is 5.73 Å². The van der Waals surface area contributed by atoms with Crippen molar-refractivity contribution in [1.29, 1.82) is 0 Å². The zero-order chi connectivity index (χ0) is 14.3. The van der Waals surface area contributed by atoms with Crippen LogP contribution in [-0.2, 0) is 15.6 Å². The maximum atomic E-state index is 12.3. The van der Waals surface area contributed by atoms with Crippen LogP contribution in [0.4, 0.5) is 5.69 Å². The summed E-state index contributed by atoms with van der Waals surface area (Å²) in [7, 11) is -3.54. The van der Waals surface area contributed by atoms with Crippen LogP contribution in [0.1, 0.15) is 10.7 Å². The third-order valence-electron chi connectivity index (χ3n) is 2.78. The Bertz CT molecular complexity index is 880. The lowest BCUT2D eigenvalue weighted by atomic mass is 10.3. The molecule has 0 saturated heterocycles. The van der Waals surface area contributed by atoms with Gasteiger partial charge in [-0.05, 0) is 25.1 Å². The quantitative estimate of drug-likeness (QED) is 0.719. The maximum Gasteiger partial charge on any atom is 0.226 e. The average Bonchev–Trinajstić information content (AvgIpc) is 2.95. The lowest BCUT2D eigenvalue weighted by Gasteiger charge is -1.97. The van der Waals surface area contributed by atoms with E-state index in [0.29, 0.717) is 22.4 Å². The van der Waals surface area contributed by atoms with Gasteiger partial charge in [-0.2, -0.15) is 0 Å². The summed E-state index contributed by atoms with van der Waals surface area (Å²) in [5.41, 5.74) is 7.94. The van der Waals surface area contributed by atoms with Crippen LogP contribution in [0.5, 0.6) is 0 Å². The minimum absolute atomic E-state index is 0.0521. The second kappa shape index (κ2) is 4.57. The van der Waals surface area contributed by atoms with Crippen molar-refractivity contribution in [3.63, 3.8) is 0 Å². The number of hydrogen-bond acceptors (Lipinski definition) is 6. The molecule has 1 aromatic carbocycles. The second-order valence-electron chi connectivity index (χ2n) is 4.44. The van der Waals surface area contributed by atoms with Crippen molar-refractivity contribution < 1.29 is 8.42 Å². The molecule has 0 aliphatic heterocycles. The molecular weight excluding hydrogens is 296 g/mol. The first-order valence-electron chi connectivity index (χ1n) is 5.83. The van der Waals surface area contributed by atoms with Gasteiger partial charge in [-0.3, -0.25) is 0 Å². The average molecular weight is 308 g/mol. The van der Waals surface area contributed by atoms with Gasteiger partial charge in [0.2, 0.25) is 15.0 Å². The Kier molecular flexibility index (Phi) is 2.98. The number of aromatic amines is 1. The number of nitrogens with two attached hydrogens (primary N) is 1. The minimum Gasteiger partial charge on any atom is -0.399 e. The fraction of sp³-hybridized carbons (Fsp3) is 0.167. The van der Waals surface area contributed by atoms with Crippen LogP contribution in [-0.4, -0.2) is 23.4 Å². The Labute approximate surface area is 119 Å². The first-order chi connectivity index (χ1) is 9.44. The zero-order valence-electron chi connectivity index (χ0n) is 10.6. The largest absolute Gasteiger partial charge is 0.399 e. The number of thiazole rings is 1. The van der Waals surface area contributed by atoms with Crippen LogP contribution in [0.2, 0.25) is 0 Å². The molecule has 0 fully saturated rings. The first-order valence-corrected chi connectivity index (χ1v) is 8.36. The molecule has 3 rings (SSSR count). The monoisotopic (exact) mass is 308 g/mol. The van der Waals surface area contributed by atoms with E-state index in [1.807, 2.05) is 6.92 Å². The third kappa shape index (κ3) is 2.39. The van der Waals surface area contributed by atoms with E-state index >= 15 is 0 Å². The van der Waals surface area contributed by atoms with Gasteiger partial charge in [-0.15, -0.1) is 11.3 Å². The van der Waals surface area contributed by atoms with Crippen LogP contribution in [0.3, 0.4) is 0 Å². The topological polar surface area (TPSA) is 102 Å². The molecule has 6 nitrogen and oxygen atoms in total. The van der Waals surface area contributed by atoms with Gasteiger partial charge in [-0.1, -0.05) is 0 Å². The number of nitrogens with zero attached hydrogens (tertiary/aromatic N) is 2. The van der Waals surface area contributed by atoms with Gasteiger partial charge in [0.15, 0.2) is 0 Å². The van der Waals surface area contributed by atoms with Crippen molar-refractivity contribution in [2.24, 2.45) is 0 Å². The molecule has 0 saturated carbocycles. The molecule has 0 bridgehead atoms. The van der Waals surface area contributed by atoms with Crippen LogP contribution in [0, 0.1) is 6.92 Å². The van der Waals surface area contributed by atoms with E-state index in [2.05, 4.69) is 15.0 Å². The molecule has 20 heavy (non-hydrogen) atoms. The summed E-state index contributed by atoms with van der Waals surface area (Å²) in [5, 5.41) is 2.53. The number of aryl methyl sites for hydroxylation is 1. The summed E-state index contributed by atoms with van der Waals surface area (Å²) in [5.74, 6) is -0.160. The summed E-state index contributed by atoms with van der Waals surface area (Å²) >= 11 is 1.42. The number of hydrogen-bond donors (Lipinski definition) is 2. The maximum absolute atomic E-state index is 12.3. The minimum atomic E-state index is -3.54. The molecule has 8 heteroatoms. The second-order valence-corrected chi connectivity index (χ2v) is 7.40. The number of fused-ring (bicyclic) bond motifs is 1. The number of nitrogen functional groups attached to an aromatic ring is 1. The van der Waals surface area contributed by atoms with Crippen molar-refractivity contribution in [3.05, 3.63) is 34.3 Å². The molecule has 0 aliphatic carbocycles. The van der Waals surface area contributed by atoms with Crippen LogP contribution < -0.4 is 5.73 Å². The lowest BCUT2D eigenvalue weighted by Crippen LogP contribution is -2.07. The van der Waals surface area contributed by atoms with Crippen LogP contribution >= 0.6 is 11.3 Å². The summed E-state index contributed by atoms with van der Waals surface area (Å²) in [4.78, 5) is 11.1. The fourth-order valence-electron chi connectivity index (χ4n) is 1.89. The van der Waals surface area contributed by atoms with E-state index in [1.54, 1.807) is 23.6 Å². The highest BCUT2D eigenvalue weighted by atomic mass is 32.2. The van der Waals surface area contributed by atoms with E-state index in [1.165, 1.54) is 11.3 Å². The highest BCUT2D eigenvalue weighted by Gasteiger charge is 2.21. The molecule has 0 amide bonds. The summed E-state index contributed by atoms with van der Waals surface area (Å²) in [6, 6.07) is 5.03. The first kappa shape index (κ1) is 13.1. The predicted molar refractivity (Wildman–Crippen MR) is 78.2 cm³/mol. The van der Waals surface area contributed by atoms with Crippen LogP contribution in [0.25, 0.3) is 11.0 Å². The predicted octanol–water partition coefficient (Wildman–Crippen LogP) is 1.88. The van der Waals surface area contributed by atoms with E-state index < -0.39 is 9.84 Å². The molecule has 0 atom stereocenters. The van der Waals surface area contributed by atoms with Crippen LogP contribution in [0.15, 0.2) is 28.7 Å². The Morgan fingerprint density at radius 3 is 2.85 bits per heavy atom. The van der Waals surface area contributed by atoms with E-state index in [-0.39, 0.29) is 10.9 Å². The molecule has 3 aromatic rings.